The second-order valence-electron chi connectivity index (χ2n) is 32.2. The number of nitrogens with zero attached hydrogens (tertiary/aromatic N) is 9. The highest BCUT2D eigenvalue weighted by Gasteiger charge is 2.65. The van der Waals surface area contributed by atoms with Crippen LogP contribution in [0.3, 0.4) is 0 Å². The van der Waals surface area contributed by atoms with Gasteiger partial charge in [-0.25, -0.2) is 14.0 Å². The van der Waals surface area contributed by atoms with Crippen LogP contribution in [0.5, 0.6) is 0 Å². The minimum absolute atomic E-state index is 0.0260. The van der Waals surface area contributed by atoms with Crippen LogP contribution in [0.25, 0.3) is 0 Å². The first-order chi connectivity index (χ1) is 64.6. The van der Waals surface area contributed by atoms with Gasteiger partial charge in [0.05, 0.1) is 256 Å². The van der Waals surface area contributed by atoms with Gasteiger partial charge in [-0.15, -0.1) is 15.3 Å². The van der Waals surface area contributed by atoms with Crippen molar-refractivity contribution in [3.63, 3.8) is 0 Å². The predicted molar refractivity (Wildman–Crippen MR) is 451 cm³/mol. The van der Waals surface area contributed by atoms with E-state index in [1.54, 1.807) is 39.6 Å². The first kappa shape index (κ1) is 109. The molecule has 134 heavy (non-hydrogen) atoms. The highest BCUT2D eigenvalue weighted by molar-refractivity contribution is 5.77. The zero-order valence-electron chi connectivity index (χ0n) is 77.4. The van der Waals surface area contributed by atoms with E-state index in [0.29, 0.717) is 56.4 Å². The Bertz CT molecular complexity index is 4020. The number of nitrogens with one attached hydrogen (secondary N) is 3. The largest absolute Gasteiger partial charge is 0.458 e. The molecule has 0 spiro atoms. The molecule has 752 valence electrons. The predicted octanol–water partition coefficient (Wildman–Crippen LogP) is -1.19. The molecule has 4 N–H and O–H groups in total. The van der Waals surface area contributed by atoms with Gasteiger partial charge in [0, 0.05) is 74.8 Å². The molecule has 1 aromatic carbocycles. The van der Waals surface area contributed by atoms with Gasteiger partial charge in [0.2, 0.25) is 17.7 Å². The van der Waals surface area contributed by atoms with E-state index in [1.165, 1.54) is 55.4 Å². The third-order valence-corrected chi connectivity index (χ3v) is 20.6. The maximum atomic E-state index is 14.2. The molecule has 4 aromatic rings. The summed E-state index contributed by atoms with van der Waals surface area (Å²) >= 11 is 0. The van der Waals surface area contributed by atoms with Gasteiger partial charge in [-0.1, -0.05) is 46.0 Å². The summed E-state index contributed by atoms with van der Waals surface area (Å²) in [5.41, 5.74) is -2.85. The first-order valence-corrected chi connectivity index (χ1v) is 44.4. The van der Waals surface area contributed by atoms with Crippen molar-refractivity contribution in [1.82, 2.24) is 60.9 Å². The third kappa shape index (κ3) is 37.8. The monoisotopic (exact) mass is 1910 g/mol. The maximum absolute atomic E-state index is 14.2. The molecule has 0 unspecified atom stereocenters. The Labute approximate surface area is 775 Å². The molecule has 3 aromatic heterocycles. The van der Waals surface area contributed by atoms with Crippen molar-refractivity contribution in [2.24, 2.45) is 0 Å². The van der Waals surface area contributed by atoms with Crippen LogP contribution in [0.1, 0.15) is 104 Å². The second kappa shape index (κ2) is 57.9. The molecule has 49 nitrogen and oxygen atoms in total. The Hall–Kier alpha value is -9.01. The van der Waals surface area contributed by atoms with E-state index in [4.69, 9.17) is 128 Å². The van der Waals surface area contributed by atoms with E-state index in [-0.39, 0.29) is 230 Å². The first-order valence-electron chi connectivity index (χ1n) is 44.4. The second-order valence-corrected chi connectivity index (χ2v) is 32.2. The number of benzene rings is 1. The average Bonchev–Trinajstić information content (AvgIpc) is 1.59. The minimum Gasteiger partial charge on any atom is -0.458 e. The van der Waals surface area contributed by atoms with Crippen LogP contribution >= 0.6 is 0 Å². The molecule has 3 amide bonds. The Morgan fingerprint density at radius 1 is 0.410 bits per heavy atom. The van der Waals surface area contributed by atoms with E-state index < -0.39 is 138 Å². The number of esters is 6. The van der Waals surface area contributed by atoms with Crippen LogP contribution in [0.4, 0.5) is 0 Å². The highest BCUT2D eigenvalue weighted by atomic mass is 16.8. The van der Waals surface area contributed by atoms with Crippen molar-refractivity contribution in [1.29, 1.82) is 0 Å². The van der Waals surface area contributed by atoms with Gasteiger partial charge in [-0.2, -0.15) is 0 Å². The Kier molecular flexibility index (Phi) is 46.9. The molecule has 14 atom stereocenters. The molecule has 4 bridgehead atoms. The Morgan fingerprint density at radius 3 is 1.13 bits per heavy atom. The number of fused-ring (bicyclic) bond motifs is 4. The van der Waals surface area contributed by atoms with Gasteiger partial charge in [0.15, 0.2) is 60.6 Å². The molecule has 49 heteroatoms. The lowest BCUT2D eigenvalue weighted by molar-refractivity contribution is -0.292. The number of aliphatic hydroxyl groups is 1. The minimum atomic E-state index is -1.33. The normalized spacial score (nSPS) is 23.9. The van der Waals surface area contributed by atoms with Crippen LogP contribution < -0.4 is 16.0 Å². The molecule has 9 rings (SSSR count). The van der Waals surface area contributed by atoms with E-state index in [0.717, 1.165) is 5.56 Å². The fraction of sp³-hybridized carbons (Fsp3) is 0.753. The van der Waals surface area contributed by atoms with Crippen molar-refractivity contribution < 1.29 is 176 Å². The molecule has 5 saturated heterocycles. The summed E-state index contributed by atoms with van der Waals surface area (Å²) in [6.07, 6.45) is -4.16. The van der Waals surface area contributed by atoms with Crippen molar-refractivity contribution in [3.8, 4) is 0 Å². The van der Waals surface area contributed by atoms with Gasteiger partial charge >= 0.3 is 35.8 Å². The number of aromatic nitrogens is 9. The van der Waals surface area contributed by atoms with E-state index >= 15 is 0 Å². The van der Waals surface area contributed by atoms with Gasteiger partial charge in [-0.3, -0.25) is 43.2 Å². The number of rotatable bonds is 69. The summed E-state index contributed by atoms with van der Waals surface area (Å²) in [6, 6.07) is 7.81. The number of carbonyl (C=O) groups excluding carboxylic acids is 9. The van der Waals surface area contributed by atoms with Gasteiger partial charge in [0.1, 0.15) is 46.4 Å². The van der Waals surface area contributed by atoms with Crippen LogP contribution in [-0.2, 0) is 217 Å². The molecule has 0 aliphatic carbocycles. The number of carbonyl (C=O) groups is 9. The smallest absolute Gasteiger partial charge is 0.303 e. The summed E-state index contributed by atoms with van der Waals surface area (Å²) in [7, 11) is 0. The van der Waals surface area contributed by atoms with E-state index in [1.807, 2.05) is 30.3 Å². The molecule has 5 fully saturated rings. The number of amides is 3. The maximum Gasteiger partial charge on any atom is 0.303 e. The fourth-order valence-electron chi connectivity index (χ4n) is 14.9. The van der Waals surface area contributed by atoms with E-state index in [2.05, 4.69) is 46.9 Å². The number of ether oxygens (including phenoxy) is 27. The van der Waals surface area contributed by atoms with Crippen molar-refractivity contribution in [3.05, 3.63) is 71.6 Å². The molecular weight excluding hydrogens is 1780 g/mol. The summed E-state index contributed by atoms with van der Waals surface area (Å²) in [5, 5.41) is 44.7. The average molecular weight is 1910 g/mol. The topological polar surface area (TPSA) is 551 Å². The SMILES string of the molecule is CC(=O)N[C@H]1[C@H]2OC[C@](COCCOCCOCCOCCn3cc(COCC(COCc4cn(CCOCCOCCOCCOC[C@@]56CO[C@@H](O5)[C@H](NC(C)=O)[C@@H](OC(C)=O)[C@H]6OC(C)=O)nn4)(COCc4cn(CCOCCOCCOCCOC[C@@]5(C)O[C@H](O)C[C@@H](OC(C)=O)[C@H]5OC(C)=O)nn4)NC(=O)CCCOCc4ccccc4)nn3)(O2)[C@H](OC(C)=O)[C@@H]1OC(C)=O. The molecule has 0 saturated carbocycles. The lowest BCUT2D eigenvalue weighted by Gasteiger charge is -2.45. The van der Waals surface area contributed by atoms with Crippen LogP contribution in [-0.4, -0.2) is 392 Å². The van der Waals surface area contributed by atoms with Crippen molar-refractivity contribution in [2.45, 2.75) is 218 Å². The van der Waals surface area contributed by atoms with Crippen LogP contribution in [0, 0.1) is 0 Å². The Morgan fingerprint density at radius 2 is 0.761 bits per heavy atom. The summed E-state index contributed by atoms with van der Waals surface area (Å²) in [4.78, 5) is 111. The van der Waals surface area contributed by atoms with Gasteiger partial charge < -0.3 is 149 Å². The van der Waals surface area contributed by atoms with Gasteiger partial charge in [-0.05, 0) is 18.9 Å². The lowest BCUT2D eigenvalue weighted by Crippen LogP contribution is -2.68. The molecule has 8 heterocycles. The molecular formula is C85H130N12O37. The molecule has 5 aliphatic heterocycles. The zero-order chi connectivity index (χ0) is 96.0. The number of hydrogen-bond donors (Lipinski definition) is 4. The van der Waals surface area contributed by atoms with Gasteiger partial charge in [0.25, 0.3) is 0 Å². The summed E-state index contributed by atoms with van der Waals surface area (Å²) in [6.45, 7) is 17.3. The number of hydrogen-bond acceptors (Lipinski definition) is 43. The van der Waals surface area contributed by atoms with Crippen molar-refractivity contribution >= 4 is 53.5 Å². The van der Waals surface area contributed by atoms with Crippen LogP contribution in [0.2, 0.25) is 0 Å². The fourth-order valence-corrected chi connectivity index (χ4v) is 14.9. The summed E-state index contributed by atoms with van der Waals surface area (Å²) < 4.78 is 162. The van der Waals surface area contributed by atoms with Crippen LogP contribution in [0.15, 0.2) is 48.9 Å². The molecule has 0 radical (unpaired) electrons. The van der Waals surface area contributed by atoms with E-state index in [9.17, 15) is 48.3 Å². The van der Waals surface area contributed by atoms with Crippen molar-refractivity contribution in [2.75, 3.05) is 198 Å². The standard InChI is InChI=1S/C85H130N12O37/c1-58(98)86-73-75(127-61(4)101)78(130-64(7)104)84(56-124-80(73)133-84)54-119-40-37-115-34-31-112-28-25-109-22-18-96-44-68(90-93-96)48-122-52-83(88-71(106)16-13-20-117-46-66-14-11-10-12-15-66,51-121-47-67-43-95(92-89-67)17-21-108-24-27-111-30-33-114-36-39-118-50-82(9)77(129-63(6)103)70(126-60(3)100)42-72(107)132-82)53-123-49-69-45-97(94-91-69)19-23-110-26-29-113-32-35-116-38-41-120-55-85-57-125-81(134-85)74(87-59(2)99)76(128-62(5)102)79(85)131-65(8)105/h10-12,14-15,43-45,70,72-81,107H,13,16-42,46-57H2,1-9H3,(H,86,98)(H,87,99)(H,88,106)/t70-,72+,73-,74-,75-,76-,77-,78-,79-,80+,81+,82-,84+,85+/m1/s1. The highest BCUT2D eigenvalue weighted by Crippen LogP contribution is 2.43. The Balaban J connectivity index is 0.708. The summed E-state index contributed by atoms with van der Waals surface area (Å²) in [5.74, 6) is -5.01. The number of aliphatic hydroxyl groups excluding tert-OH is 1. The third-order valence-electron chi connectivity index (χ3n) is 20.6. The lowest BCUT2D eigenvalue weighted by atomic mass is 9.87. The molecule has 5 aliphatic rings. The quantitative estimate of drug-likeness (QED) is 0.0229. The zero-order valence-corrected chi connectivity index (χ0v) is 77.4.